The molecule has 0 unspecified atom stereocenters. The first-order valence-corrected chi connectivity index (χ1v) is 17.3. The standard InChI is InChI=1S/C39H50N4O2/c1-4-14-33(15-5-1)16-11-26-42-29-22-34(23-30-42)17-12-28-43-36-20-10-21-37(44-31-13-27-41-24-8-3-9-25-41)39(36)40-38(43)32-45-35-18-6-2-7-19-35/h1-2,4-7,10-11,14-16,18-21,34H,3,8-9,12-13,17,22-32H2/b16-11+. The third kappa shape index (κ3) is 9.21. The quantitative estimate of drug-likeness (QED) is 0.128. The van der Waals surface area contributed by atoms with Gasteiger partial charge in [-0.15, -0.1) is 0 Å². The number of nitrogens with zero attached hydrogens (tertiary/aromatic N) is 4. The van der Waals surface area contributed by atoms with E-state index in [0.29, 0.717) is 6.61 Å². The van der Waals surface area contributed by atoms with Gasteiger partial charge in [0.05, 0.1) is 12.1 Å². The van der Waals surface area contributed by atoms with Crippen LogP contribution in [0.5, 0.6) is 11.5 Å². The highest BCUT2D eigenvalue weighted by molar-refractivity contribution is 5.82. The van der Waals surface area contributed by atoms with Gasteiger partial charge in [-0.25, -0.2) is 4.98 Å². The third-order valence-corrected chi connectivity index (χ3v) is 9.43. The average molecular weight is 607 g/mol. The fourth-order valence-electron chi connectivity index (χ4n) is 6.86. The van der Waals surface area contributed by atoms with E-state index in [-0.39, 0.29) is 0 Å². The van der Waals surface area contributed by atoms with Gasteiger partial charge in [0.15, 0.2) is 0 Å². The molecule has 2 aliphatic heterocycles. The highest BCUT2D eigenvalue weighted by Crippen LogP contribution is 2.29. The summed E-state index contributed by atoms with van der Waals surface area (Å²) >= 11 is 0. The summed E-state index contributed by atoms with van der Waals surface area (Å²) in [7, 11) is 0. The molecule has 0 aliphatic carbocycles. The summed E-state index contributed by atoms with van der Waals surface area (Å²) in [4.78, 5) is 10.3. The number of benzene rings is 3. The van der Waals surface area contributed by atoms with Crippen LogP contribution in [0, 0.1) is 5.92 Å². The normalized spacial score (nSPS) is 16.9. The Morgan fingerprint density at radius 3 is 2.31 bits per heavy atom. The minimum atomic E-state index is 0.446. The van der Waals surface area contributed by atoms with Crippen LogP contribution >= 0.6 is 0 Å². The van der Waals surface area contributed by atoms with Crippen molar-refractivity contribution >= 4 is 17.1 Å². The second-order valence-corrected chi connectivity index (χ2v) is 12.7. The second-order valence-electron chi connectivity index (χ2n) is 12.7. The molecule has 2 fully saturated rings. The van der Waals surface area contributed by atoms with Crippen LogP contribution in [0.2, 0.25) is 0 Å². The van der Waals surface area contributed by atoms with Crippen LogP contribution in [0.3, 0.4) is 0 Å². The molecule has 6 heteroatoms. The van der Waals surface area contributed by atoms with Crippen LogP contribution in [0.25, 0.3) is 17.1 Å². The van der Waals surface area contributed by atoms with E-state index in [2.05, 4.69) is 75.0 Å². The summed E-state index contributed by atoms with van der Waals surface area (Å²) in [5.41, 5.74) is 3.38. The summed E-state index contributed by atoms with van der Waals surface area (Å²) in [6, 6.07) is 27.0. The summed E-state index contributed by atoms with van der Waals surface area (Å²) in [6.07, 6.45) is 14.6. The van der Waals surface area contributed by atoms with Crippen molar-refractivity contribution in [1.82, 2.24) is 19.4 Å². The number of ether oxygens (including phenoxy) is 2. The van der Waals surface area contributed by atoms with Crippen molar-refractivity contribution in [2.24, 2.45) is 5.92 Å². The summed E-state index contributed by atoms with van der Waals surface area (Å²) in [6.45, 7) is 9.11. The Labute approximate surface area is 269 Å². The second kappa shape index (κ2) is 16.6. The number of para-hydroxylation sites is 2. The first-order valence-electron chi connectivity index (χ1n) is 17.3. The van der Waals surface area contributed by atoms with Gasteiger partial charge in [0, 0.05) is 19.6 Å². The topological polar surface area (TPSA) is 42.8 Å². The molecule has 0 atom stereocenters. The van der Waals surface area contributed by atoms with E-state index in [9.17, 15) is 0 Å². The zero-order valence-corrected chi connectivity index (χ0v) is 26.9. The number of fused-ring (bicyclic) bond motifs is 1. The first kappa shape index (κ1) is 31.4. The lowest BCUT2D eigenvalue weighted by Crippen LogP contribution is -2.33. The molecule has 2 aliphatic rings. The molecule has 0 spiro atoms. The SMILES string of the molecule is C(=C\c1ccccc1)/CN1CCC(CCCn2c(COc3ccccc3)nc3c(OCCCN4CCCCC4)cccc32)CC1. The molecule has 0 saturated carbocycles. The van der Waals surface area contributed by atoms with Crippen molar-refractivity contribution in [3.05, 3.63) is 96.3 Å². The molecule has 3 heterocycles. The molecule has 0 amide bonds. The molecule has 45 heavy (non-hydrogen) atoms. The lowest BCUT2D eigenvalue weighted by Gasteiger charge is -2.31. The van der Waals surface area contributed by atoms with E-state index >= 15 is 0 Å². The van der Waals surface area contributed by atoms with Crippen molar-refractivity contribution < 1.29 is 9.47 Å². The van der Waals surface area contributed by atoms with E-state index in [1.54, 1.807) is 0 Å². The van der Waals surface area contributed by atoms with Gasteiger partial charge in [-0.1, -0.05) is 73.2 Å². The Morgan fingerprint density at radius 2 is 1.51 bits per heavy atom. The summed E-state index contributed by atoms with van der Waals surface area (Å²) < 4.78 is 14.9. The number of hydrogen-bond donors (Lipinski definition) is 0. The van der Waals surface area contributed by atoms with Gasteiger partial charge in [-0.05, 0) is 107 Å². The molecule has 6 nitrogen and oxygen atoms in total. The molecule has 0 bridgehead atoms. The monoisotopic (exact) mass is 606 g/mol. The van der Waals surface area contributed by atoms with Gasteiger partial charge >= 0.3 is 0 Å². The van der Waals surface area contributed by atoms with Crippen molar-refractivity contribution in [2.75, 3.05) is 45.9 Å². The van der Waals surface area contributed by atoms with E-state index in [4.69, 9.17) is 14.5 Å². The number of imidazole rings is 1. The van der Waals surface area contributed by atoms with Crippen molar-refractivity contribution in [3.63, 3.8) is 0 Å². The Kier molecular flexibility index (Phi) is 11.6. The van der Waals surface area contributed by atoms with Crippen LogP contribution in [0.1, 0.15) is 62.8 Å². The van der Waals surface area contributed by atoms with Crippen LogP contribution in [-0.4, -0.2) is 65.2 Å². The summed E-state index contributed by atoms with van der Waals surface area (Å²) in [5.74, 6) is 3.52. The minimum Gasteiger partial charge on any atom is -0.491 e. The zero-order valence-electron chi connectivity index (χ0n) is 26.9. The van der Waals surface area contributed by atoms with Gasteiger partial charge in [0.1, 0.15) is 29.4 Å². The van der Waals surface area contributed by atoms with E-state index in [0.717, 1.165) is 73.4 Å². The largest absolute Gasteiger partial charge is 0.491 e. The van der Waals surface area contributed by atoms with E-state index < -0.39 is 0 Å². The predicted octanol–water partition coefficient (Wildman–Crippen LogP) is 8.08. The van der Waals surface area contributed by atoms with Crippen molar-refractivity contribution in [1.29, 1.82) is 0 Å². The molecule has 0 N–H and O–H groups in total. The van der Waals surface area contributed by atoms with Gasteiger partial charge in [-0.2, -0.15) is 0 Å². The lowest BCUT2D eigenvalue weighted by molar-refractivity contribution is 0.192. The molecular formula is C39H50N4O2. The predicted molar refractivity (Wildman–Crippen MR) is 185 cm³/mol. The molecule has 3 aromatic carbocycles. The fraction of sp³-hybridized carbons (Fsp3) is 0.462. The van der Waals surface area contributed by atoms with Crippen LogP contribution in [-0.2, 0) is 13.2 Å². The number of hydrogen-bond acceptors (Lipinski definition) is 5. The van der Waals surface area contributed by atoms with Crippen LogP contribution in [0.4, 0.5) is 0 Å². The Hall–Kier alpha value is -3.61. The Morgan fingerprint density at radius 1 is 0.733 bits per heavy atom. The molecule has 1 aromatic heterocycles. The third-order valence-electron chi connectivity index (χ3n) is 9.43. The smallest absolute Gasteiger partial charge is 0.148 e. The van der Waals surface area contributed by atoms with E-state index in [1.807, 2.05) is 30.3 Å². The fourth-order valence-corrected chi connectivity index (χ4v) is 6.86. The highest BCUT2D eigenvalue weighted by atomic mass is 16.5. The molecule has 6 rings (SSSR count). The van der Waals surface area contributed by atoms with Crippen LogP contribution < -0.4 is 9.47 Å². The Bertz CT molecular complexity index is 1450. The zero-order chi connectivity index (χ0) is 30.5. The van der Waals surface area contributed by atoms with Gasteiger partial charge in [0.2, 0.25) is 0 Å². The van der Waals surface area contributed by atoms with Crippen LogP contribution in [0.15, 0.2) is 84.9 Å². The molecule has 4 aromatic rings. The number of piperidine rings is 2. The number of likely N-dealkylation sites (tertiary alicyclic amines) is 2. The maximum atomic E-state index is 6.35. The van der Waals surface area contributed by atoms with Gasteiger partial charge < -0.3 is 18.9 Å². The maximum absolute atomic E-state index is 6.35. The first-order chi connectivity index (χ1) is 22.3. The summed E-state index contributed by atoms with van der Waals surface area (Å²) in [5, 5.41) is 0. The maximum Gasteiger partial charge on any atom is 0.148 e. The molecule has 0 radical (unpaired) electrons. The number of rotatable bonds is 15. The van der Waals surface area contributed by atoms with Gasteiger partial charge in [-0.3, -0.25) is 4.90 Å². The average Bonchev–Trinajstić information content (AvgIpc) is 3.46. The lowest BCUT2D eigenvalue weighted by atomic mass is 9.92. The molecule has 2 saturated heterocycles. The highest BCUT2D eigenvalue weighted by Gasteiger charge is 2.20. The number of aromatic nitrogens is 2. The Balaban J connectivity index is 1.04. The minimum absolute atomic E-state index is 0.446. The van der Waals surface area contributed by atoms with Gasteiger partial charge in [0.25, 0.3) is 0 Å². The molecular weight excluding hydrogens is 556 g/mol. The van der Waals surface area contributed by atoms with E-state index in [1.165, 1.54) is 70.3 Å². The van der Waals surface area contributed by atoms with Crippen molar-refractivity contribution in [3.8, 4) is 11.5 Å². The number of aryl methyl sites for hydroxylation is 1. The van der Waals surface area contributed by atoms with Crippen molar-refractivity contribution in [2.45, 2.75) is 64.5 Å². The molecule has 238 valence electrons.